The maximum atomic E-state index is 10.9. The molecule has 4 heteroatoms. The van der Waals surface area contributed by atoms with Crippen LogP contribution >= 0.6 is 0 Å². The summed E-state index contributed by atoms with van der Waals surface area (Å²) in [6.07, 6.45) is 7.00. The molecule has 1 fully saturated rings. The summed E-state index contributed by atoms with van der Waals surface area (Å²) in [5, 5.41) is 12.9. The van der Waals surface area contributed by atoms with Gasteiger partial charge in [0.2, 0.25) is 0 Å². The van der Waals surface area contributed by atoms with Gasteiger partial charge in [0.15, 0.2) is 0 Å². The van der Waals surface area contributed by atoms with Gasteiger partial charge in [-0.15, -0.1) is 0 Å². The van der Waals surface area contributed by atoms with E-state index in [2.05, 4.69) is 10.1 Å². The van der Waals surface area contributed by atoms with Crippen LogP contribution in [0.25, 0.3) is 0 Å². The Morgan fingerprint density at radius 1 is 1.38 bits per heavy atom. The topological polar surface area (TPSA) is 58.6 Å². The largest absolute Gasteiger partial charge is 0.469 e. The SMILES string of the molecule is COC(=O)CC(O)CNC1CCCCCC1. The van der Waals surface area contributed by atoms with Crippen molar-refractivity contribution in [3.8, 4) is 0 Å². The van der Waals surface area contributed by atoms with Crippen LogP contribution in [0.15, 0.2) is 0 Å². The van der Waals surface area contributed by atoms with Crippen molar-refractivity contribution in [2.75, 3.05) is 13.7 Å². The molecule has 1 rings (SSSR count). The number of aliphatic hydroxyl groups excluding tert-OH is 1. The zero-order chi connectivity index (χ0) is 11.8. The van der Waals surface area contributed by atoms with Gasteiger partial charge in [-0.05, 0) is 12.8 Å². The molecule has 0 amide bonds. The lowest BCUT2D eigenvalue weighted by molar-refractivity contribution is -0.142. The van der Waals surface area contributed by atoms with Crippen molar-refractivity contribution in [2.45, 2.75) is 57.1 Å². The van der Waals surface area contributed by atoms with E-state index in [9.17, 15) is 9.90 Å². The number of carbonyl (C=O) groups excluding carboxylic acids is 1. The minimum atomic E-state index is -0.629. The molecular formula is C12H23NO3. The van der Waals surface area contributed by atoms with Crippen LogP contribution in [0.1, 0.15) is 44.9 Å². The molecule has 2 N–H and O–H groups in total. The van der Waals surface area contributed by atoms with E-state index in [4.69, 9.17) is 0 Å². The number of methoxy groups -OCH3 is 1. The minimum absolute atomic E-state index is 0.0796. The third-order valence-electron chi connectivity index (χ3n) is 3.13. The van der Waals surface area contributed by atoms with Gasteiger partial charge in [0.05, 0.1) is 19.6 Å². The van der Waals surface area contributed by atoms with Crippen molar-refractivity contribution in [3.63, 3.8) is 0 Å². The highest BCUT2D eigenvalue weighted by Crippen LogP contribution is 2.17. The molecule has 0 aromatic carbocycles. The number of rotatable bonds is 5. The molecule has 0 spiro atoms. The lowest BCUT2D eigenvalue weighted by Gasteiger charge is -2.18. The Bertz CT molecular complexity index is 200. The Morgan fingerprint density at radius 2 is 2.00 bits per heavy atom. The van der Waals surface area contributed by atoms with Crippen molar-refractivity contribution in [1.82, 2.24) is 5.32 Å². The van der Waals surface area contributed by atoms with E-state index in [1.54, 1.807) is 0 Å². The van der Waals surface area contributed by atoms with E-state index in [0.717, 1.165) is 0 Å². The van der Waals surface area contributed by atoms with E-state index in [-0.39, 0.29) is 12.4 Å². The number of hydrogen-bond acceptors (Lipinski definition) is 4. The Kier molecular flexibility index (Phi) is 6.42. The van der Waals surface area contributed by atoms with Gasteiger partial charge in [-0.2, -0.15) is 0 Å². The smallest absolute Gasteiger partial charge is 0.308 e. The Hall–Kier alpha value is -0.610. The standard InChI is InChI=1S/C12H23NO3/c1-16-12(15)8-11(14)9-13-10-6-4-2-3-5-7-10/h10-11,13-14H,2-9H2,1H3. The molecule has 0 bridgehead atoms. The van der Waals surface area contributed by atoms with E-state index >= 15 is 0 Å². The normalized spacial score (nSPS) is 20.1. The lowest BCUT2D eigenvalue weighted by Crippen LogP contribution is -2.36. The molecule has 1 aliphatic rings. The Morgan fingerprint density at radius 3 is 2.56 bits per heavy atom. The van der Waals surface area contributed by atoms with Gasteiger partial charge in [-0.1, -0.05) is 25.7 Å². The van der Waals surface area contributed by atoms with Crippen molar-refractivity contribution >= 4 is 5.97 Å². The molecule has 0 aromatic rings. The van der Waals surface area contributed by atoms with E-state index in [0.29, 0.717) is 12.6 Å². The van der Waals surface area contributed by atoms with Gasteiger partial charge in [-0.25, -0.2) is 0 Å². The second-order valence-electron chi connectivity index (χ2n) is 4.53. The summed E-state index contributed by atoms with van der Waals surface area (Å²) in [6.45, 7) is 0.486. The molecule has 0 heterocycles. The van der Waals surface area contributed by atoms with E-state index < -0.39 is 6.10 Å². The van der Waals surface area contributed by atoms with Gasteiger partial charge >= 0.3 is 5.97 Å². The summed E-state index contributed by atoms with van der Waals surface area (Å²) in [4.78, 5) is 10.9. The summed E-state index contributed by atoms with van der Waals surface area (Å²) in [6, 6.07) is 0.509. The van der Waals surface area contributed by atoms with Crippen molar-refractivity contribution in [3.05, 3.63) is 0 Å². The first-order valence-electron chi connectivity index (χ1n) is 6.20. The number of nitrogens with one attached hydrogen (secondary N) is 1. The average molecular weight is 229 g/mol. The Balaban J connectivity index is 2.14. The first-order chi connectivity index (χ1) is 7.72. The van der Waals surface area contributed by atoms with Gasteiger partial charge < -0.3 is 15.2 Å². The molecule has 0 aromatic heterocycles. The third kappa shape index (κ3) is 5.47. The fraction of sp³-hybridized carbons (Fsp3) is 0.917. The predicted molar refractivity (Wildman–Crippen MR) is 62.1 cm³/mol. The van der Waals surface area contributed by atoms with Gasteiger partial charge in [0, 0.05) is 12.6 Å². The number of hydrogen-bond donors (Lipinski definition) is 2. The molecule has 0 aliphatic heterocycles. The summed E-state index contributed by atoms with van der Waals surface area (Å²) in [7, 11) is 1.34. The minimum Gasteiger partial charge on any atom is -0.469 e. The molecule has 1 atom stereocenters. The number of carbonyl (C=O) groups is 1. The second-order valence-corrected chi connectivity index (χ2v) is 4.53. The maximum absolute atomic E-state index is 10.9. The average Bonchev–Trinajstić information content (AvgIpc) is 2.54. The van der Waals surface area contributed by atoms with Gasteiger partial charge in [-0.3, -0.25) is 4.79 Å². The van der Waals surface area contributed by atoms with Crippen molar-refractivity contribution in [1.29, 1.82) is 0 Å². The summed E-state index contributed by atoms with van der Waals surface area (Å²) in [5.41, 5.74) is 0. The Labute approximate surface area is 97.4 Å². The maximum Gasteiger partial charge on any atom is 0.308 e. The summed E-state index contributed by atoms with van der Waals surface area (Å²) in [5.74, 6) is -0.352. The molecule has 1 saturated carbocycles. The van der Waals surface area contributed by atoms with Crippen LogP contribution in [0.4, 0.5) is 0 Å². The van der Waals surface area contributed by atoms with E-state index in [1.165, 1.54) is 45.6 Å². The van der Waals surface area contributed by atoms with Crippen LogP contribution in [0.3, 0.4) is 0 Å². The molecule has 1 unspecified atom stereocenters. The number of esters is 1. The molecule has 1 aliphatic carbocycles. The van der Waals surface area contributed by atoms with Crippen LogP contribution in [-0.2, 0) is 9.53 Å². The third-order valence-corrected chi connectivity index (χ3v) is 3.13. The number of ether oxygens (including phenoxy) is 1. The van der Waals surface area contributed by atoms with Gasteiger partial charge in [0.1, 0.15) is 0 Å². The summed E-state index contributed by atoms with van der Waals surface area (Å²) >= 11 is 0. The first kappa shape index (κ1) is 13.5. The zero-order valence-corrected chi connectivity index (χ0v) is 10.1. The lowest BCUT2D eigenvalue weighted by atomic mass is 10.1. The monoisotopic (exact) mass is 229 g/mol. The predicted octanol–water partition coefficient (Wildman–Crippen LogP) is 1.22. The van der Waals surface area contributed by atoms with Crippen LogP contribution in [-0.4, -0.2) is 36.9 Å². The molecule has 0 radical (unpaired) electrons. The molecule has 94 valence electrons. The van der Waals surface area contributed by atoms with Crippen LogP contribution in [0, 0.1) is 0 Å². The van der Waals surface area contributed by atoms with Crippen molar-refractivity contribution in [2.24, 2.45) is 0 Å². The molecule has 4 nitrogen and oxygen atoms in total. The highest BCUT2D eigenvalue weighted by atomic mass is 16.5. The fourth-order valence-corrected chi connectivity index (χ4v) is 2.13. The van der Waals surface area contributed by atoms with Crippen LogP contribution in [0.2, 0.25) is 0 Å². The fourth-order valence-electron chi connectivity index (χ4n) is 2.13. The highest BCUT2D eigenvalue weighted by Gasteiger charge is 2.15. The number of aliphatic hydroxyl groups is 1. The summed E-state index contributed by atoms with van der Waals surface area (Å²) < 4.78 is 4.51. The highest BCUT2D eigenvalue weighted by molar-refractivity contribution is 5.69. The molecule has 0 saturated heterocycles. The van der Waals surface area contributed by atoms with Gasteiger partial charge in [0.25, 0.3) is 0 Å². The molecular weight excluding hydrogens is 206 g/mol. The van der Waals surface area contributed by atoms with Crippen LogP contribution in [0.5, 0.6) is 0 Å². The van der Waals surface area contributed by atoms with Crippen molar-refractivity contribution < 1.29 is 14.6 Å². The van der Waals surface area contributed by atoms with Crippen LogP contribution < -0.4 is 5.32 Å². The van der Waals surface area contributed by atoms with E-state index in [1.807, 2.05) is 0 Å². The quantitative estimate of drug-likeness (QED) is 0.550. The second kappa shape index (κ2) is 7.63. The zero-order valence-electron chi connectivity index (χ0n) is 10.1. The first-order valence-corrected chi connectivity index (χ1v) is 6.20. The molecule has 16 heavy (non-hydrogen) atoms.